The van der Waals surface area contributed by atoms with E-state index < -0.39 is 0 Å². The summed E-state index contributed by atoms with van der Waals surface area (Å²) in [5, 5.41) is 24.5. The molecule has 7 aromatic rings. The van der Waals surface area contributed by atoms with Gasteiger partial charge in [-0.15, -0.1) is 81.2 Å². The molecular weight excluding hydrogens is 740 g/mol. The SMILES string of the molecule is Cc1cc2ccccc2[cH-]1.Cc1cc2ccccc2[cH-]1.Cc1ccc(O)c(C(C)(C)C)c1.Cc1ccc(O)c(C(C)(C)C)c1.[CH3-].[Si]=[Zr].[c-]1ccccc1. The average molecular weight is 798 g/mol. The summed E-state index contributed by atoms with van der Waals surface area (Å²) in [6.45, 7) is 24.0. The van der Waals surface area contributed by atoms with Crippen LogP contribution in [-0.2, 0) is 34.2 Å². The summed E-state index contributed by atoms with van der Waals surface area (Å²) >= 11 is 1.36. The van der Waals surface area contributed by atoms with E-state index in [4.69, 9.17) is 0 Å². The van der Waals surface area contributed by atoms with Gasteiger partial charge in [0.1, 0.15) is 11.5 Å². The van der Waals surface area contributed by atoms with Gasteiger partial charge >= 0.3 is 30.2 Å². The van der Waals surface area contributed by atoms with Crippen molar-refractivity contribution >= 4 is 28.4 Å². The zero-order valence-corrected chi connectivity index (χ0v) is 37.1. The minimum atomic E-state index is 0. The first-order valence-corrected chi connectivity index (χ1v) is 21.7. The fourth-order valence-corrected chi connectivity index (χ4v) is 5.46. The Kier molecular flexibility index (Phi) is 20.4. The third kappa shape index (κ3) is 16.7. The maximum Gasteiger partial charge on any atom is -0.171 e. The van der Waals surface area contributed by atoms with Gasteiger partial charge in [0.05, 0.1) is 0 Å². The summed E-state index contributed by atoms with van der Waals surface area (Å²) in [7, 11) is 0. The number of aryl methyl sites for hydroxylation is 4. The molecule has 278 valence electrons. The smallest absolute Gasteiger partial charge is 0.171 e. The third-order valence-electron chi connectivity index (χ3n) is 8.05. The topological polar surface area (TPSA) is 40.5 Å². The van der Waals surface area contributed by atoms with Crippen molar-refractivity contribution in [2.45, 2.75) is 80.1 Å². The summed E-state index contributed by atoms with van der Waals surface area (Å²) in [5.41, 5.74) is 7.16. The molecule has 0 saturated heterocycles. The molecule has 7 rings (SSSR count). The molecule has 0 aliphatic heterocycles. The number of hydrogen-bond acceptors (Lipinski definition) is 2. The van der Waals surface area contributed by atoms with E-state index in [2.05, 4.69) is 141 Å². The molecule has 2 nitrogen and oxygen atoms in total. The van der Waals surface area contributed by atoms with Gasteiger partial charge in [-0.05, 0) is 47.9 Å². The molecule has 0 spiro atoms. The average Bonchev–Trinajstić information content (AvgIpc) is 3.69. The molecule has 0 aromatic heterocycles. The van der Waals surface area contributed by atoms with Crippen molar-refractivity contribution in [2.24, 2.45) is 0 Å². The molecule has 0 amide bonds. The molecule has 2 N–H and O–H groups in total. The molecule has 53 heavy (non-hydrogen) atoms. The Labute approximate surface area is 337 Å². The monoisotopic (exact) mass is 796 g/mol. The number of phenols is 2. The summed E-state index contributed by atoms with van der Waals surface area (Å²) < 4.78 is 0. The quantitative estimate of drug-likeness (QED) is 0.119. The first kappa shape index (κ1) is 47.0. The van der Waals surface area contributed by atoms with Crippen molar-refractivity contribution in [2.75, 3.05) is 0 Å². The van der Waals surface area contributed by atoms with Gasteiger partial charge in [-0.3, -0.25) is 0 Å². The Bertz CT molecular complexity index is 1830. The maximum atomic E-state index is 9.57. The summed E-state index contributed by atoms with van der Waals surface area (Å²) in [6.07, 6.45) is 0. The van der Waals surface area contributed by atoms with Crippen LogP contribution in [0.4, 0.5) is 0 Å². The minimum absolute atomic E-state index is 0. The molecule has 0 aliphatic carbocycles. The second-order valence-electron chi connectivity index (χ2n) is 14.9. The largest absolute Gasteiger partial charge is 0.184 e. The number of hydrogen-bond donors (Lipinski definition) is 2. The minimum Gasteiger partial charge on any atom is -0.184 e. The van der Waals surface area contributed by atoms with Gasteiger partial charge < -0.3 is 17.6 Å². The van der Waals surface area contributed by atoms with E-state index >= 15 is 0 Å². The van der Waals surface area contributed by atoms with Crippen LogP contribution in [0, 0.1) is 41.2 Å². The van der Waals surface area contributed by atoms with Crippen LogP contribution in [0.2, 0.25) is 0 Å². The van der Waals surface area contributed by atoms with Crippen LogP contribution in [-0.4, -0.2) is 17.1 Å². The third-order valence-corrected chi connectivity index (χ3v) is 8.05. The molecule has 4 heteroatoms. The Hall–Kier alpha value is -3.98. The van der Waals surface area contributed by atoms with E-state index in [1.807, 2.05) is 68.4 Å². The summed E-state index contributed by atoms with van der Waals surface area (Å²) in [6, 6.07) is 49.6. The number of fused-ring (bicyclic) bond motifs is 2. The van der Waals surface area contributed by atoms with Gasteiger partial charge in [-0.2, -0.15) is 48.5 Å². The molecule has 0 atom stereocenters. The van der Waals surface area contributed by atoms with Crippen molar-refractivity contribution in [3.63, 3.8) is 0 Å². The molecule has 0 aliphatic rings. The zero-order valence-electron chi connectivity index (χ0n) is 33.7. The van der Waals surface area contributed by atoms with E-state index in [9.17, 15) is 10.2 Å². The van der Waals surface area contributed by atoms with Gasteiger partial charge in [0.25, 0.3) is 0 Å². The van der Waals surface area contributed by atoms with Crippen molar-refractivity contribution in [1.82, 2.24) is 0 Å². The van der Waals surface area contributed by atoms with E-state index in [0.29, 0.717) is 11.5 Å². The molecule has 0 fully saturated rings. The Morgan fingerprint density at radius 3 is 1.13 bits per heavy atom. The van der Waals surface area contributed by atoms with Gasteiger partial charge in [-0.25, -0.2) is 0 Å². The number of aromatic hydroxyl groups is 2. The van der Waals surface area contributed by atoms with Crippen LogP contribution in [0.3, 0.4) is 0 Å². The van der Waals surface area contributed by atoms with Crippen molar-refractivity contribution in [1.29, 1.82) is 0 Å². The first-order valence-electron chi connectivity index (χ1n) is 17.5. The summed E-state index contributed by atoms with van der Waals surface area (Å²) in [5.74, 6) is 0.793. The normalized spacial score (nSPS) is 10.2. The predicted octanol–water partition coefficient (Wildman–Crippen LogP) is 13.3. The second kappa shape index (κ2) is 22.9. The number of benzene rings is 5. The maximum absolute atomic E-state index is 9.57. The van der Waals surface area contributed by atoms with Gasteiger partial charge in [0, 0.05) is 0 Å². The van der Waals surface area contributed by atoms with Crippen molar-refractivity contribution < 1.29 is 33.5 Å². The van der Waals surface area contributed by atoms with Crippen molar-refractivity contribution in [3.8, 4) is 11.5 Å². The fourth-order valence-electron chi connectivity index (χ4n) is 5.46. The molecular formula is C49H58O2SiZr-4. The standard InChI is InChI=1S/2C11H16O.2C10H9.C6H5.CH3.Si.Zr/c2*1-8-5-6-10(12)9(7-8)11(2,3)4;2*1-8-6-9-4-2-3-5-10(9)7-8;1-2-4-6-5-3-1;;;/h2*5-7,12H,1-4H3;2*2-7H,1H3;1-5H;1H3;;/q;;4*-1;;. The second-order valence-corrected chi connectivity index (χ2v) is 14.9. The van der Waals surface area contributed by atoms with E-state index in [1.165, 1.54) is 67.1 Å². The molecule has 7 aromatic carbocycles. The van der Waals surface area contributed by atoms with E-state index in [0.717, 1.165) is 11.1 Å². The van der Waals surface area contributed by atoms with Crippen LogP contribution in [0.25, 0.3) is 21.5 Å². The fraction of sp³-hybridized carbons (Fsp3) is 0.245. The molecule has 0 saturated carbocycles. The Morgan fingerprint density at radius 1 is 0.509 bits per heavy atom. The van der Waals surface area contributed by atoms with Crippen LogP contribution in [0.15, 0.2) is 140 Å². The van der Waals surface area contributed by atoms with Crippen molar-refractivity contribution in [3.05, 3.63) is 186 Å². The van der Waals surface area contributed by atoms with Crippen LogP contribution < -0.4 is 0 Å². The molecule has 0 bridgehead atoms. The summed E-state index contributed by atoms with van der Waals surface area (Å²) in [4.78, 5) is 0. The zero-order chi connectivity index (χ0) is 38.9. The number of rotatable bonds is 0. The van der Waals surface area contributed by atoms with Gasteiger partial charge in [0.2, 0.25) is 0 Å². The van der Waals surface area contributed by atoms with E-state index in [-0.39, 0.29) is 18.3 Å². The molecule has 0 unspecified atom stereocenters. The van der Waals surface area contributed by atoms with Crippen LogP contribution in [0.5, 0.6) is 11.5 Å². The Balaban J connectivity index is 0.000000330. The van der Waals surface area contributed by atoms with E-state index in [1.54, 1.807) is 12.1 Å². The van der Waals surface area contributed by atoms with Crippen LogP contribution >= 0.6 is 0 Å². The van der Waals surface area contributed by atoms with Gasteiger partial charge in [-0.1, -0.05) is 103 Å². The molecule has 2 radical (unpaired) electrons. The van der Waals surface area contributed by atoms with Gasteiger partial charge in [0.15, 0.2) is 0 Å². The molecule has 0 heterocycles. The van der Waals surface area contributed by atoms with Crippen LogP contribution in [0.1, 0.15) is 74.9 Å². The number of phenolic OH excluding ortho intramolecular Hbond substituents is 2. The first-order chi connectivity index (χ1) is 24.5. The Morgan fingerprint density at radius 2 is 0.868 bits per heavy atom. The predicted molar refractivity (Wildman–Crippen MR) is 229 cm³/mol.